The van der Waals surface area contributed by atoms with Gasteiger partial charge in [-0.3, -0.25) is 4.79 Å². The number of halogens is 1. The number of amides is 1. The minimum absolute atomic E-state index is 0.118. The van der Waals surface area contributed by atoms with Gasteiger partial charge in [0.25, 0.3) is 0 Å². The SMILES string of the molecule is CC(C)(C)NCCNC(=O)CC12CC3CC(CC(Br)(C3)C1)C2. The van der Waals surface area contributed by atoms with Crippen LogP contribution in [0.2, 0.25) is 0 Å². The van der Waals surface area contributed by atoms with Crippen molar-refractivity contribution in [1.29, 1.82) is 0 Å². The molecule has 0 aromatic heterocycles. The first-order valence-electron chi connectivity index (χ1n) is 8.88. The van der Waals surface area contributed by atoms with Crippen LogP contribution in [0.1, 0.15) is 65.7 Å². The third-order valence-electron chi connectivity index (χ3n) is 5.75. The van der Waals surface area contributed by atoms with Crippen LogP contribution >= 0.6 is 15.9 Å². The van der Waals surface area contributed by atoms with E-state index in [2.05, 4.69) is 47.3 Å². The fourth-order valence-corrected chi connectivity index (χ4v) is 7.10. The largest absolute Gasteiger partial charge is 0.355 e. The molecule has 4 heteroatoms. The highest BCUT2D eigenvalue weighted by Crippen LogP contribution is 2.65. The second kappa shape index (κ2) is 5.77. The zero-order chi connectivity index (χ0) is 16.0. The molecule has 22 heavy (non-hydrogen) atoms. The summed E-state index contributed by atoms with van der Waals surface area (Å²) in [4.78, 5) is 12.4. The minimum atomic E-state index is 0.118. The molecule has 2 unspecified atom stereocenters. The van der Waals surface area contributed by atoms with Crippen molar-refractivity contribution in [3.05, 3.63) is 0 Å². The molecular weight excluding hydrogens is 340 g/mol. The summed E-state index contributed by atoms with van der Waals surface area (Å²) < 4.78 is 0.352. The summed E-state index contributed by atoms with van der Waals surface area (Å²) in [5.74, 6) is 1.97. The van der Waals surface area contributed by atoms with Crippen LogP contribution in [0.3, 0.4) is 0 Å². The summed E-state index contributed by atoms with van der Waals surface area (Å²) >= 11 is 4.03. The number of carbonyl (C=O) groups excluding carboxylic acids is 1. The summed E-state index contributed by atoms with van der Waals surface area (Å²) in [7, 11) is 0. The Kier molecular flexibility index (Phi) is 4.39. The zero-order valence-electron chi connectivity index (χ0n) is 14.3. The van der Waals surface area contributed by atoms with Crippen LogP contribution in [-0.4, -0.2) is 28.9 Å². The fourth-order valence-electron chi connectivity index (χ4n) is 5.59. The summed E-state index contributed by atoms with van der Waals surface area (Å²) in [6.07, 6.45) is 8.59. The van der Waals surface area contributed by atoms with Gasteiger partial charge in [-0.25, -0.2) is 0 Å². The molecule has 0 aromatic rings. The fraction of sp³-hybridized carbons (Fsp3) is 0.944. The van der Waals surface area contributed by atoms with Gasteiger partial charge in [0.15, 0.2) is 0 Å². The first kappa shape index (κ1) is 16.8. The van der Waals surface area contributed by atoms with Crippen molar-refractivity contribution in [2.45, 2.75) is 75.6 Å². The van der Waals surface area contributed by atoms with Crippen LogP contribution in [0.5, 0.6) is 0 Å². The van der Waals surface area contributed by atoms with Crippen molar-refractivity contribution in [2.24, 2.45) is 17.3 Å². The van der Waals surface area contributed by atoms with E-state index in [1.165, 1.54) is 38.5 Å². The predicted molar refractivity (Wildman–Crippen MR) is 94.2 cm³/mol. The molecule has 126 valence electrons. The Morgan fingerprint density at radius 3 is 2.32 bits per heavy atom. The molecule has 0 aliphatic heterocycles. The highest BCUT2D eigenvalue weighted by atomic mass is 79.9. The first-order valence-corrected chi connectivity index (χ1v) is 9.67. The maximum absolute atomic E-state index is 12.4. The molecule has 2 N–H and O–H groups in total. The van der Waals surface area contributed by atoms with Gasteiger partial charge in [-0.15, -0.1) is 0 Å². The van der Waals surface area contributed by atoms with Crippen molar-refractivity contribution in [3.63, 3.8) is 0 Å². The third-order valence-corrected chi connectivity index (χ3v) is 6.68. The molecule has 4 fully saturated rings. The highest BCUT2D eigenvalue weighted by Gasteiger charge is 2.57. The molecule has 0 radical (unpaired) electrons. The Hall–Kier alpha value is -0.0900. The number of rotatable bonds is 5. The second-order valence-electron chi connectivity index (χ2n) is 9.32. The minimum Gasteiger partial charge on any atom is -0.355 e. The smallest absolute Gasteiger partial charge is 0.220 e. The van der Waals surface area contributed by atoms with E-state index in [4.69, 9.17) is 0 Å². The van der Waals surface area contributed by atoms with Gasteiger partial charge < -0.3 is 10.6 Å². The molecule has 0 saturated heterocycles. The van der Waals surface area contributed by atoms with Gasteiger partial charge >= 0.3 is 0 Å². The molecule has 0 spiro atoms. The van der Waals surface area contributed by atoms with Gasteiger partial charge in [0.2, 0.25) is 5.91 Å². The Balaban J connectivity index is 1.49. The Bertz CT molecular complexity index is 429. The van der Waals surface area contributed by atoms with Crippen molar-refractivity contribution in [2.75, 3.05) is 13.1 Å². The average molecular weight is 371 g/mol. The number of nitrogens with one attached hydrogen (secondary N) is 2. The van der Waals surface area contributed by atoms with E-state index >= 15 is 0 Å². The molecule has 4 aliphatic carbocycles. The molecule has 4 rings (SSSR count). The van der Waals surface area contributed by atoms with Crippen LogP contribution in [0, 0.1) is 17.3 Å². The van der Waals surface area contributed by atoms with Crippen molar-refractivity contribution in [3.8, 4) is 0 Å². The first-order chi connectivity index (χ1) is 10.2. The summed E-state index contributed by atoms with van der Waals surface area (Å²) in [6.45, 7) is 8.04. The number of carbonyl (C=O) groups is 1. The molecule has 0 heterocycles. The van der Waals surface area contributed by atoms with Gasteiger partial charge in [-0.05, 0) is 76.5 Å². The van der Waals surface area contributed by atoms with Crippen molar-refractivity contribution in [1.82, 2.24) is 10.6 Å². The lowest BCUT2D eigenvalue weighted by atomic mass is 9.48. The topological polar surface area (TPSA) is 41.1 Å². The Morgan fingerprint density at radius 1 is 1.14 bits per heavy atom. The molecule has 4 bridgehead atoms. The zero-order valence-corrected chi connectivity index (χ0v) is 15.9. The van der Waals surface area contributed by atoms with Crippen molar-refractivity contribution >= 4 is 21.8 Å². The molecule has 4 aliphatic rings. The van der Waals surface area contributed by atoms with Crippen LogP contribution in [-0.2, 0) is 4.79 Å². The normalized spacial score (nSPS) is 40.0. The molecule has 0 aromatic carbocycles. The van der Waals surface area contributed by atoms with E-state index in [0.717, 1.165) is 31.3 Å². The van der Waals surface area contributed by atoms with Crippen LogP contribution < -0.4 is 10.6 Å². The molecule has 3 nitrogen and oxygen atoms in total. The summed E-state index contributed by atoms with van der Waals surface area (Å²) in [6, 6.07) is 0. The van der Waals surface area contributed by atoms with E-state index < -0.39 is 0 Å². The number of hydrogen-bond acceptors (Lipinski definition) is 2. The summed E-state index contributed by atoms with van der Waals surface area (Å²) in [5, 5.41) is 6.55. The Labute approximate surface area is 143 Å². The Morgan fingerprint density at radius 2 is 1.77 bits per heavy atom. The molecule has 2 atom stereocenters. The van der Waals surface area contributed by atoms with Crippen LogP contribution in [0.15, 0.2) is 0 Å². The number of hydrogen-bond donors (Lipinski definition) is 2. The lowest BCUT2D eigenvalue weighted by molar-refractivity contribution is -0.128. The quantitative estimate of drug-likeness (QED) is 0.573. The summed E-state index contributed by atoms with van der Waals surface area (Å²) in [5.41, 5.74) is 0.405. The lowest BCUT2D eigenvalue weighted by Gasteiger charge is -2.60. The van der Waals surface area contributed by atoms with Gasteiger partial charge in [-0.2, -0.15) is 0 Å². The van der Waals surface area contributed by atoms with Crippen LogP contribution in [0.25, 0.3) is 0 Å². The average Bonchev–Trinajstić information content (AvgIpc) is 2.29. The van der Waals surface area contributed by atoms with Crippen LogP contribution in [0.4, 0.5) is 0 Å². The predicted octanol–water partition coefficient (Wildman–Crippen LogP) is 3.61. The second-order valence-corrected chi connectivity index (χ2v) is 11.0. The molecule has 1 amide bonds. The molecule has 4 saturated carbocycles. The van der Waals surface area contributed by atoms with Gasteiger partial charge in [0.05, 0.1) is 0 Å². The number of alkyl halides is 1. The lowest BCUT2D eigenvalue weighted by Crippen LogP contribution is -2.54. The van der Waals surface area contributed by atoms with Gasteiger partial charge in [0.1, 0.15) is 0 Å². The maximum atomic E-state index is 12.4. The monoisotopic (exact) mass is 370 g/mol. The molecular formula is C18H31BrN2O. The van der Waals surface area contributed by atoms with E-state index in [1.807, 2.05) is 0 Å². The third kappa shape index (κ3) is 3.87. The maximum Gasteiger partial charge on any atom is 0.220 e. The van der Waals surface area contributed by atoms with Crippen molar-refractivity contribution < 1.29 is 4.79 Å². The van der Waals surface area contributed by atoms with E-state index in [0.29, 0.717) is 4.32 Å². The van der Waals surface area contributed by atoms with Gasteiger partial charge in [0, 0.05) is 29.4 Å². The van der Waals surface area contributed by atoms with Gasteiger partial charge in [-0.1, -0.05) is 15.9 Å². The van der Waals surface area contributed by atoms with E-state index in [1.54, 1.807) is 0 Å². The van der Waals surface area contributed by atoms with E-state index in [9.17, 15) is 4.79 Å². The standard InChI is InChI=1S/C18H31BrN2O/c1-16(2,3)21-5-4-20-15(22)11-17-7-13-6-14(8-17)10-18(19,9-13)12-17/h13-14,21H,4-12H2,1-3H3,(H,20,22). The van der Waals surface area contributed by atoms with E-state index in [-0.39, 0.29) is 16.9 Å². The highest BCUT2D eigenvalue weighted by molar-refractivity contribution is 9.10.